The molecule has 3 aromatic rings. The van der Waals surface area contributed by atoms with E-state index >= 15 is 0 Å². The summed E-state index contributed by atoms with van der Waals surface area (Å²) in [6.45, 7) is 11.3. The molecule has 0 nitrogen and oxygen atoms in total. The van der Waals surface area contributed by atoms with Crippen molar-refractivity contribution in [2.24, 2.45) is 0 Å². The molecule has 1 aliphatic carbocycles. The first kappa shape index (κ1) is 30.0. The zero-order valence-electron chi connectivity index (χ0n) is 19.8. The average Bonchev–Trinajstić information content (AvgIpc) is 2.95. The molecule has 0 N–H and O–H groups in total. The predicted octanol–water partition coefficient (Wildman–Crippen LogP) is -3.51. The van der Waals surface area contributed by atoms with Crippen molar-refractivity contribution in [1.82, 2.24) is 0 Å². The minimum atomic E-state index is -1.54. The molecule has 0 atom stereocenters. The molecular formula is C28H29Cl3SiTi. The summed E-state index contributed by atoms with van der Waals surface area (Å²) >= 11 is 2.36. The smallest absolute Gasteiger partial charge is 1.00 e. The quantitative estimate of drug-likeness (QED) is 0.298. The summed E-state index contributed by atoms with van der Waals surface area (Å²) in [7, 11) is -1.54. The summed E-state index contributed by atoms with van der Waals surface area (Å²) in [4.78, 5) is 0. The molecule has 5 heteroatoms. The van der Waals surface area contributed by atoms with Gasteiger partial charge in [-0.3, -0.25) is 0 Å². The third-order valence-corrected chi connectivity index (χ3v) is 10.6. The van der Waals surface area contributed by atoms with Crippen molar-refractivity contribution in [2.45, 2.75) is 41.0 Å². The monoisotopic (exact) mass is 546 g/mol. The molecule has 4 rings (SSSR count). The molecule has 0 unspecified atom stereocenters. The first-order valence-corrected chi connectivity index (χ1v) is 13.2. The van der Waals surface area contributed by atoms with E-state index in [0.717, 1.165) is 6.42 Å². The molecule has 0 aromatic heterocycles. The Morgan fingerprint density at radius 1 is 0.636 bits per heavy atom. The first-order chi connectivity index (χ1) is 14.3. The maximum atomic E-state index is 2.44. The van der Waals surface area contributed by atoms with Gasteiger partial charge in [-0.1, -0.05) is 0 Å². The number of rotatable bonds is 4. The largest absolute Gasteiger partial charge is 1.00 e. The number of aryl methyl sites for hydroxylation is 4. The molecule has 0 spiro atoms. The van der Waals surface area contributed by atoms with Crippen LogP contribution in [-0.4, -0.2) is 8.80 Å². The minimum Gasteiger partial charge on any atom is -1.00 e. The summed E-state index contributed by atoms with van der Waals surface area (Å²) in [5, 5.41) is 4.78. The fraction of sp³-hybridized carbons (Fsp3) is 0.214. The maximum absolute atomic E-state index is 2.44. The van der Waals surface area contributed by atoms with Crippen LogP contribution in [0.4, 0.5) is 0 Å². The maximum Gasteiger partial charge on any atom is -1.00 e. The van der Waals surface area contributed by atoms with E-state index in [9.17, 15) is 0 Å². The van der Waals surface area contributed by atoms with Gasteiger partial charge in [-0.05, 0) is 0 Å². The van der Waals surface area contributed by atoms with Crippen LogP contribution in [-0.2, 0) is 20.4 Å². The van der Waals surface area contributed by atoms with Crippen LogP contribution < -0.4 is 47.6 Å². The van der Waals surface area contributed by atoms with E-state index in [1.807, 2.05) is 0 Å². The number of benzene rings is 3. The molecule has 0 aliphatic heterocycles. The van der Waals surface area contributed by atoms with E-state index in [1.54, 1.807) is 15.6 Å². The molecule has 0 bridgehead atoms. The van der Waals surface area contributed by atoms with E-state index in [2.05, 4.69) is 122 Å². The molecule has 33 heavy (non-hydrogen) atoms. The van der Waals surface area contributed by atoms with Gasteiger partial charge in [0, 0.05) is 0 Å². The van der Waals surface area contributed by atoms with E-state index < -0.39 is 8.80 Å². The number of hydrogen-bond donors (Lipinski definition) is 0. The second-order valence-corrected chi connectivity index (χ2v) is 12.6. The van der Waals surface area contributed by atoms with Crippen molar-refractivity contribution in [3.8, 4) is 0 Å². The SMILES string of the molecule is CC1=C(c2ccccc2)[C]([Ti+3])=C([SiH](c2cc(C)cc(C)c2)c2cc(C)cc(C)c2)C1.[Cl-].[Cl-].[Cl-]. The Labute approximate surface area is 231 Å². The molecular weight excluding hydrogens is 519 g/mol. The molecule has 1 aliphatic rings. The Kier molecular flexibility index (Phi) is 11.4. The van der Waals surface area contributed by atoms with Crippen molar-refractivity contribution in [3.05, 3.63) is 109 Å². The summed E-state index contributed by atoms with van der Waals surface area (Å²) in [5.41, 5.74) is 9.83. The second kappa shape index (κ2) is 12.6. The Morgan fingerprint density at radius 2 is 1.06 bits per heavy atom. The summed E-state index contributed by atoms with van der Waals surface area (Å²) in [6.07, 6.45) is 1.10. The molecule has 0 fully saturated rings. The van der Waals surface area contributed by atoms with Crippen molar-refractivity contribution in [1.29, 1.82) is 0 Å². The van der Waals surface area contributed by atoms with Gasteiger partial charge in [0.25, 0.3) is 0 Å². The van der Waals surface area contributed by atoms with Crippen molar-refractivity contribution < 1.29 is 57.7 Å². The molecule has 0 amide bonds. The third-order valence-electron chi connectivity index (χ3n) is 6.02. The zero-order valence-corrected chi connectivity index (χ0v) is 24.8. The number of allylic oxidation sites excluding steroid dienone is 4. The van der Waals surface area contributed by atoms with Gasteiger partial charge in [0.15, 0.2) is 0 Å². The van der Waals surface area contributed by atoms with Gasteiger partial charge < -0.3 is 37.2 Å². The fourth-order valence-electron chi connectivity index (χ4n) is 5.03. The number of halogens is 3. The standard InChI is InChI=1S/C28H29Si.3ClH.Ti/c1-19-11-20(2)14-25(13-19)29(26-15-21(3)12-22(4)16-26)27-17-23(5)28(18-27)24-9-7-6-8-10-24;;;;/h6-16,29H,17H2,1-5H3;3*1H;/q;;;;+3/p-3. The van der Waals surface area contributed by atoms with Gasteiger partial charge in [-0.2, -0.15) is 0 Å². The van der Waals surface area contributed by atoms with Crippen molar-refractivity contribution in [2.75, 3.05) is 0 Å². The van der Waals surface area contributed by atoms with Crippen molar-refractivity contribution in [3.63, 3.8) is 0 Å². The molecule has 0 radical (unpaired) electrons. The minimum absolute atomic E-state index is 0. The van der Waals surface area contributed by atoms with E-state index in [4.69, 9.17) is 0 Å². The fourth-order valence-corrected chi connectivity index (χ4v) is 10.3. The van der Waals surface area contributed by atoms with Gasteiger partial charge in [-0.15, -0.1) is 0 Å². The Balaban J connectivity index is 0.00000181. The van der Waals surface area contributed by atoms with Crippen LogP contribution in [0, 0.1) is 27.7 Å². The van der Waals surface area contributed by atoms with Crippen LogP contribution in [0.5, 0.6) is 0 Å². The first-order valence-electron chi connectivity index (χ1n) is 10.7. The van der Waals surface area contributed by atoms with Crippen LogP contribution in [0.1, 0.15) is 41.2 Å². The number of hydrogen-bond acceptors (Lipinski definition) is 0. The third kappa shape index (κ3) is 6.54. The van der Waals surface area contributed by atoms with E-state index in [-0.39, 0.29) is 37.2 Å². The van der Waals surface area contributed by atoms with Gasteiger partial charge in [0.2, 0.25) is 0 Å². The van der Waals surface area contributed by atoms with E-state index in [0.29, 0.717) is 0 Å². The summed E-state index contributed by atoms with van der Waals surface area (Å²) in [6, 6.07) is 25.3. The Morgan fingerprint density at radius 3 is 1.48 bits per heavy atom. The van der Waals surface area contributed by atoms with E-state index in [1.165, 1.54) is 42.8 Å². The predicted molar refractivity (Wildman–Crippen MR) is 129 cm³/mol. The van der Waals surface area contributed by atoms with Crippen LogP contribution in [0.15, 0.2) is 81.4 Å². The van der Waals surface area contributed by atoms with Crippen LogP contribution in [0.3, 0.4) is 0 Å². The van der Waals surface area contributed by atoms with Crippen LogP contribution in [0.25, 0.3) is 5.57 Å². The molecule has 0 heterocycles. The van der Waals surface area contributed by atoms with Crippen molar-refractivity contribution >= 4 is 24.7 Å². The molecule has 3 aromatic carbocycles. The van der Waals surface area contributed by atoms with Crippen LogP contribution in [0.2, 0.25) is 0 Å². The van der Waals surface area contributed by atoms with Gasteiger partial charge in [-0.25, -0.2) is 0 Å². The molecule has 170 valence electrons. The normalized spacial score (nSPS) is 13.0. The van der Waals surface area contributed by atoms with Crippen LogP contribution >= 0.6 is 0 Å². The zero-order chi connectivity index (χ0) is 21.4. The molecule has 0 saturated heterocycles. The second-order valence-electron chi connectivity index (χ2n) is 8.87. The Bertz CT molecular complexity index is 1090. The molecule has 0 saturated carbocycles. The summed E-state index contributed by atoms with van der Waals surface area (Å²) < 4.78 is 1.51. The summed E-state index contributed by atoms with van der Waals surface area (Å²) in [5.74, 6) is 0. The van der Waals surface area contributed by atoms with Gasteiger partial charge >= 0.3 is 195 Å². The van der Waals surface area contributed by atoms with Gasteiger partial charge in [0.05, 0.1) is 0 Å². The Hall–Kier alpha value is -1.06. The topological polar surface area (TPSA) is 0 Å². The average molecular weight is 548 g/mol. The van der Waals surface area contributed by atoms with Gasteiger partial charge in [0.1, 0.15) is 0 Å².